The fourth-order valence-electron chi connectivity index (χ4n) is 2.74. The molecule has 2 atom stereocenters. The highest BCUT2D eigenvalue weighted by Gasteiger charge is 2.26. The summed E-state index contributed by atoms with van der Waals surface area (Å²) in [5.41, 5.74) is 1.07. The van der Waals surface area contributed by atoms with E-state index in [0.717, 1.165) is 25.1 Å². The van der Waals surface area contributed by atoms with Crippen molar-refractivity contribution in [2.45, 2.75) is 18.4 Å². The van der Waals surface area contributed by atoms with E-state index < -0.39 is 0 Å². The van der Waals surface area contributed by atoms with Crippen molar-refractivity contribution in [3.63, 3.8) is 0 Å². The van der Waals surface area contributed by atoms with Crippen molar-refractivity contribution in [2.75, 3.05) is 33.3 Å². The predicted molar refractivity (Wildman–Crippen MR) is 70.1 cm³/mol. The lowest BCUT2D eigenvalue weighted by Crippen LogP contribution is -2.47. The van der Waals surface area contributed by atoms with Crippen LogP contribution in [-0.2, 0) is 0 Å². The molecule has 0 radical (unpaired) electrons. The highest BCUT2D eigenvalue weighted by atomic mass is 19.1. The molecule has 1 heterocycles. The second-order valence-corrected chi connectivity index (χ2v) is 5.08. The predicted octanol–water partition coefficient (Wildman–Crippen LogP) is 1.20. The first-order chi connectivity index (χ1) is 8.69. The summed E-state index contributed by atoms with van der Waals surface area (Å²) in [5.74, 6) is 0.191. The standard InChI is InChI=1S/C14H21FN2O/c1-17-9-12(8-14(10-17)16-5-6-18)11-3-2-4-13(15)7-11/h2-4,7,12,14,16,18H,5-6,8-10H2,1H3. The van der Waals surface area contributed by atoms with Crippen molar-refractivity contribution < 1.29 is 9.50 Å². The zero-order chi connectivity index (χ0) is 13.0. The van der Waals surface area contributed by atoms with Gasteiger partial charge in [0.25, 0.3) is 0 Å². The Balaban J connectivity index is 2.03. The topological polar surface area (TPSA) is 35.5 Å². The molecule has 0 aromatic heterocycles. The third-order valence-electron chi connectivity index (χ3n) is 3.50. The molecule has 1 aliphatic heterocycles. The van der Waals surface area contributed by atoms with E-state index in [9.17, 15) is 4.39 Å². The average Bonchev–Trinajstić information content (AvgIpc) is 2.36. The van der Waals surface area contributed by atoms with E-state index in [1.54, 1.807) is 12.1 Å². The van der Waals surface area contributed by atoms with Crippen LogP contribution >= 0.6 is 0 Å². The van der Waals surface area contributed by atoms with Crippen LogP contribution in [0.2, 0.25) is 0 Å². The molecule has 0 spiro atoms. The molecule has 2 N–H and O–H groups in total. The van der Waals surface area contributed by atoms with Crippen LogP contribution in [0.4, 0.5) is 4.39 Å². The number of aliphatic hydroxyl groups excluding tert-OH is 1. The van der Waals surface area contributed by atoms with Gasteiger partial charge in [-0.2, -0.15) is 0 Å². The molecule has 4 heteroatoms. The minimum absolute atomic E-state index is 0.158. The molecule has 0 bridgehead atoms. The monoisotopic (exact) mass is 252 g/mol. The van der Waals surface area contributed by atoms with Crippen LogP contribution in [0.5, 0.6) is 0 Å². The summed E-state index contributed by atoms with van der Waals surface area (Å²) in [6.45, 7) is 2.71. The maximum absolute atomic E-state index is 13.3. The van der Waals surface area contributed by atoms with Gasteiger partial charge >= 0.3 is 0 Å². The zero-order valence-electron chi connectivity index (χ0n) is 10.8. The first-order valence-electron chi connectivity index (χ1n) is 6.47. The molecule has 0 saturated carbocycles. The smallest absolute Gasteiger partial charge is 0.123 e. The van der Waals surface area contributed by atoms with Crippen molar-refractivity contribution in [3.05, 3.63) is 35.6 Å². The molecular weight excluding hydrogens is 231 g/mol. The number of hydrogen-bond acceptors (Lipinski definition) is 3. The van der Waals surface area contributed by atoms with Crippen molar-refractivity contribution in [1.29, 1.82) is 0 Å². The van der Waals surface area contributed by atoms with Crippen LogP contribution in [-0.4, -0.2) is 49.3 Å². The van der Waals surface area contributed by atoms with Crippen LogP contribution < -0.4 is 5.32 Å². The van der Waals surface area contributed by atoms with Crippen molar-refractivity contribution in [2.24, 2.45) is 0 Å². The SMILES string of the molecule is CN1CC(NCCO)CC(c2cccc(F)c2)C1. The summed E-state index contributed by atoms with van der Waals surface area (Å²) in [6, 6.07) is 7.25. The molecule has 0 amide bonds. The van der Waals surface area contributed by atoms with Crippen LogP contribution in [0.1, 0.15) is 17.9 Å². The number of aliphatic hydroxyl groups is 1. The van der Waals surface area contributed by atoms with Gasteiger partial charge in [0.15, 0.2) is 0 Å². The maximum atomic E-state index is 13.3. The quantitative estimate of drug-likeness (QED) is 0.845. The lowest BCUT2D eigenvalue weighted by Gasteiger charge is -2.36. The molecule has 3 nitrogen and oxygen atoms in total. The van der Waals surface area contributed by atoms with Crippen LogP contribution in [0, 0.1) is 5.82 Å². The van der Waals surface area contributed by atoms with Gasteiger partial charge in [-0.1, -0.05) is 12.1 Å². The van der Waals surface area contributed by atoms with E-state index in [1.807, 2.05) is 6.07 Å². The van der Waals surface area contributed by atoms with Crippen molar-refractivity contribution in [3.8, 4) is 0 Å². The number of hydrogen-bond donors (Lipinski definition) is 2. The second kappa shape index (κ2) is 6.27. The Bertz CT molecular complexity index is 386. The Morgan fingerprint density at radius 3 is 3.00 bits per heavy atom. The van der Waals surface area contributed by atoms with Gasteiger partial charge in [0, 0.05) is 25.7 Å². The van der Waals surface area contributed by atoms with Gasteiger partial charge in [0.1, 0.15) is 5.82 Å². The molecule has 2 unspecified atom stereocenters. The minimum Gasteiger partial charge on any atom is -0.395 e. The number of halogens is 1. The average molecular weight is 252 g/mol. The van der Waals surface area contributed by atoms with Gasteiger partial charge in [0.2, 0.25) is 0 Å². The van der Waals surface area contributed by atoms with Crippen molar-refractivity contribution in [1.82, 2.24) is 10.2 Å². The molecule has 2 rings (SSSR count). The Hall–Kier alpha value is -0.970. The number of likely N-dealkylation sites (N-methyl/N-ethyl adjacent to an activating group) is 1. The molecule has 1 aromatic carbocycles. The van der Waals surface area contributed by atoms with Gasteiger partial charge in [-0.25, -0.2) is 4.39 Å². The Morgan fingerprint density at radius 1 is 1.44 bits per heavy atom. The number of piperidine rings is 1. The Morgan fingerprint density at radius 2 is 2.28 bits per heavy atom. The molecule has 100 valence electrons. The van der Waals surface area contributed by atoms with Crippen molar-refractivity contribution >= 4 is 0 Å². The highest BCUT2D eigenvalue weighted by Crippen LogP contribution is 2.26. The largest absolute Gasteiger partial charge is 0.395 e. The lowest BCUT2D eigenvalue weighted by atomic mass is 9.88. The first-order valence-corrected chi connectivity index (χ1v) is 6.47. The number of likely N-dealkylation sites (tertiary alicyclic amines) is 1. The molecule has 18 heavy (non-hydrogen) atoms. The lowest BCUT2D eigenvalue weighted by molar-refractivity contribution is 0.194. The van der Waals surface area contributed by atoms with Gasteiger partial charge in [-0.3, -0.25) is 0 Å². The Labute approximate surface area is 108 Å². The van der Waals surface area contributed by atoms with Crippen LogP contribution in [0.15, 0.2) is 24.3 Å². The second-order valence-electron chi connectivity index (χ2n) is 5.08. The van der Waals surface area contributed by atoms with E-state index in [-0.39, 0.29) is 12.4 Å². The van der Waals surface area contributed by atoms with E-state index >= 15 is 0 Å². The van der Waals surface area contributed by atoms with E-state index in [0.29, 0.717) is 18.5 Å². The zero-order valence-corrected chi connectivity index (χ0v) is 10.8. The third-order valence-corrected chi connectivity index (χ3v) is 3.50. The van der Waals surface area contributed by atoms with Crippen LogP contribution in [0.25, 0.3) is 0 Å². The fraction of sp³-hybridized carbons (Fsp3) is 0.571. The summed E-state index contributed by atoms with van der Waals surface area (Å²) in [7, 11) is 2.08. The first kappa shape index (κ1) is 13.5. The van der Waals surface area contributed by atoms with Gasteiger partial charge in [0.05, 0.1) is 6.61 Å². The summed E-state index contributed by atoms with van der Waals surface area (Å²) in [5, 5.41) is 12.2. The molecule has 1 fully saturated rings. The molecule has 1 saturated heterocycles. The number of nitrogens with one attached hydrogen (secondary N) is 1. The fourth-order valence-corrected chi connectivity index (χ4v) is 2.74. The molecular formula is C14H21FN2O. The number of nitrogens with zero attached hydrogens (tertiary/aromatic N) is 1. The maximum Gasteiger partial charge on any atom is 0.123 e. The minimum atomic E-state index is -0.166. The molecule has 0 aliphatic carbocycles. The van der Waals surface area contributed by atoms with E-state index in [2.05, 4.69) is 17.3 Å². The van der Waals surface area contributed by atoms with Gasteiger partial charge < -0.3 is 15.3 Å². The Kier molecular flexibility index (Phi) is 4.69. The van der Waals surface area contributed by atoms with E-state index in [4.69, 9.17) is 5.11 Å². The van der Waals surface area contributed by atoms with Gasteiger partial charge in [-0.15, -0.1) is 0 Å². The number of rotatable bonds is 4. The highest BCUT2D eigenvalue weighted by molar-refractivity contribution is 5.22. The third kappa shape index (κ3) is 3.51. The molecule has 1 aromatic rings. The summed E-state index contributed by atoms with van der Waals surface area (Å²) in [4.78, 5) is 2.26. The van der Waals surface area contributed by atoms with Gasteiger partial charge in [-0.05, 0) is 37.1 Å². The van der Waals surface area contributed by atoms with E-state index in [1.165, 1.54) is 6.07 Å². The summed E-state index contributed by atoms with van der Waals surface area (Å²) < 4.78 is 13.3. The summed E-state index contributed by atoms with van der Waals surface area (Å²) >= 11 is 0. The normalized spacial score (nSPS) is 25.3. The summed E-state index contributed by atoms with van der Waals surface area (Å²) in [6.07, 6.45) is 0.994. The van der Waals surface area contributed by atoms with Crippen LogP contribution in [0.3, 0.4) is 0 Å². The number of benzene rings is 1. The molecule has 1 aliphatic rings.